The van der Waals surface area contributed by atoms with Crippen LogP contribution in [-0.2, 0) is 9.53 Å². The largest absolute Gasteiger partial charge is 0.385 e. The van der Waals surface area contributed by atoms with Crippen LogP contribution < -0.4 is 5.32 Å². The Morgan fingerprint density at radius 2 is 2.07 bits per heavy atom. The predicted octanol–water partition coefficient (Wildman–Crippen LogP) is 0.382. The maximum atomic E-state index is 12.9. The van der Waals surface area contributed by atoms with E-state index in [2.05, 4.69) is 15.5 Å². The fraction of sp³-hybridized carbons (Fsp3) is 0.500. The van der Waals surface area contributed by atoms with Gasteiger partial charge in [0.05, 0.1) is 17.0 Å². The van der Waals surface area contributed by atoms with Gasteiger partial charge in [0.15, 0.2) is 5.69 Å². The molecule has 2 N–H and O–H groups in total. The van der Waals surface area contributed by atoms with Crippen molar-refractivity contribution >= 4 is 28.4 Å². The number of piperazine rings is 1. The lowest BCUT2D eigenvalue weighted by molar-refractivity contribution is -0.384. The van der Waals surface area contributed by atoms with Crippen molar-refractivity contribution in [2.75, 3.05) is 53.0 Å². The highest BCUT2D eigenvalue weighted by Gasteiger charge is 2.26. The molecule has 1 aromatic heterocycles. The number of non-ortho nitro benzene ring substituents is 1. The summed E-state index contributed by atoms with van der Waals surface area (Å²) in [6, 6.07) is 4.27. The second kappa shape index (κ2) is 9.43. The topological polar surface area (TPSA) is 134 Å². The molecule has 1 aliphatic rings. The Labute approximate surface area is 167 Å². The van der Waals surface area contributed by atoms with Crippen LogP contribution in [0.25, 0.3) is 10.9 Å². The van der Waals surface area contributed by atoms with Crippen molar-refractivity contribution in [3.05, 3.63) is 34.0 Å². The number of amides is 2. The van der Waals surface area contributed by atoms with Gasteiger partial charge in [-0.05, 0) is 12.5 Å². The molecule has 29 heavy (non-hydrogen) atoms. The van der Waals surface area contributed by atoms with Gasteiger partial charge in [-0.2, -0.15) is 5.10 Å². The first kappa shape index (κ1) is 20.7. The van der Waals surface area contributed by atoms with Crippen molar-refractivity contribution in [1.82, 2.24) is 25.3 Å². The lowest BCUT2D eigenvalue weighted by Crippen LogP contribution is -2.51. The first-order valence-electron chi connectivity index (χ1n) is 9.39. The molecule has 11 heteroatoms. The minimum absolute atomic E-state index is 0.0496. The standard InChI is InChI=1S/C18H24N6O5/c1-29-10-2-5-19-16(25)12-22-6-8-23(9-7-22)18(26)17-14-11-13(24(27)28)3-4-15(14)20-21-17/h3-4,11H,2,5-10,12H2,1H3,(H,19,25)(H,20,21). The molecule has 0 bridgehead atoms. The molecule has 0 radical (unpaired) electrons. The van der Waals surface area contributed by atoms with Gasteiger partial charge in [0, 0.05) is 64.0 Å². The third-order valence-corrected chi connectivity index (χ3v) is 4.83. The molecule has 0 unspecified atom stereocenters. The van der Waals surface area contributed by atoms with E-state index < -0.39 is 4.92 Å². The number of aromatic amines is 1. The van der Waals surface area contributed by atoms with Crippen molar-refractivity contribution in [2.45, 2.75) is 6.42 Å². The minimum Gasteiger partial charge on any atom is -0.385 e. The van der Waals surface area contributed by atoms with Gasteiger partial charge >= 0.3 is 0 Å². The van der Waals surface area contributed by atoms with Crippen LogP contribution in [0.4, 0.5) is 5.69 Å². The summed E-state index contributed by atoms with van der Waals surface area (Å²) < 4.78 is 4.94. The van der Waals surface area contributed by atoms with Crippen LogP contribution in [0.3, 0.4) is 0 Å². The summed E-state index contributed by atoms with van der Waals surface area (Å²) in [7, 11) is 1.62. The number of hydrogen-bond donors (Lipinski definition) is 2. The third kappa shape index (κ3) is 5.06. The molecule has 11 nitrogen and oxygen atoms in total. The average molecular weight is 404 g/mol. The van der Waals surface area contributed by atoms with E-state index in [0.29, 0.717) is 50.2 Å². The summed E-state index contributed by atoms with van der Waals surface area (Å²) >= 11 is 0. The summed E-state index contributed by atoms with van der Waals surface area (Å²) in [6.45, 7) is 3.51. The maximum absolute atomic E-state index is 12.9. The van der Waals surface area contributed by atoms with E-state index in [1.54, 1.807) is 18.1 Å². The predicted molar refractivity (Wildman–Crippen MR) is 105 cm³/mol. The van der Waals surface area contributed by atoms with Gasteiger partial charge in [0.2, 0.25) is 5.91 Å². The fourth-order valence-corrected chi connectivity index (χ4v) is 3.24. The SMILES string of the molecule is COCCCNC(=O)CN1CCN(C(=O)c2n[nH]c3ccc([N+](=O)[O-])cc23)CC1. The lowest BCUT2D eigenvalue weighted by atomic mass is 10.1. The Kier molecular flexibility index (Phi) is 6.73. The number of H-pyrrole nitrogens is 1. The van der Waals surface area contributed by atoms with E-state index in [1.165, 1.54) is 12.1 Å². The van der Waals surface area contributed by atoms with Gasteiger partial charge in [-0.1, -0.05) is 0 Å². The Morgan fingerprint density at radius 3 is 2.76 bits per heavy atom. The van der Waals surface area contributed by atoms with Gasteiger partial charge in [0.25, 0.3) is 11.6 Å². The third-order valence-electron chi connectivity index (χ3n) is 4.83. The summed E-state index contributed by atoms with van der Waals surface area (Å²) in [5.41, 5.74) is 0.657. The molecule has 2 heterocycles. The van der Waals surface area contributed by atoms with E-state index in [4.69, 9.17) is 4.74 Å². The van der Waals surface area contributed by atoms with Crippen LogP contribution in [-0.4, -0.2) is 89.7 Å². The molecule has 0 aliphatic carbocycles. The highest BCUT2D eigenvalue weighted by atomic mass is 16.6. The number of carbonyl (C=O) groups excluding carboxylic acids is 2. The normalized spacial score (nSPS) is 14.9. The number of nitrogens with one attached hydrogen (secondary N) is 2. The molecule has 0 spiro atoms. The molecular weight excluding hydrogens is 380 g/mol. The van der Waals surface area contributed by atoms with Crippen LogP contribution in [0, 0.1) is 10.1 Å². The number of carbonyl (C=O) groups is 2. The number of rotatable bonds is 8. The number of nitrogens with zero attached hydrogens (tertiary/aromatic N) is 4. The molecule has 0 saturated carbocycles. The van der Waals surface area contributed by atoms with Gasteiger partial charge < -0.3 is 15.0 Å². The molecular formula is C18H24N6O5. The van der Waals surface area contributed by atoms with Crippen LogP contribution in [0.1, 0.15) is 16.9 Å². The number of benzene rings is 1. The maximum Gasteiger partial charge on any atom is 0.275 e. The lowest BCUT2D eigenvalue weighted by Gasteiger charge is -2.34. The first-order valence-corrected chi connectivity index (χ1v) is 9.39. The van der Waals surface area contributed by atoms with Gasteiger partial charge in [-0.25, -0.2) is 0 Å². The zero-order valence-electron chi connectivity index (χ0n) is 16.2. The molecule has 3 rings (SSSR count). The Morgan fingerprint density at radius 1 is 1.31 bits per heavy atom. The smallest absolute Gasteiger partial charge is 0.275 e. The quantitative estimate of drug-likeness (QED) is 0.369. The van der Waals surface area contributed by atoms with Crippen LogP contribution in [0.5, 0.6) is 0 Å². The van der Waals surface area contributed by atoms with Gasteiger partial charge in [-0.3, -0.25) is 29.7 Å². The summed E-state index contributed by atoms with van der Waals surface area (Å²) in [5.74, 6) is -0.327. The molecule has 0 atom stereocenters. The molecule has 1 aliphatic heterocycles. The van der Waals surface area contributed by atoms with Crippen LogP contribution >= 0.6 is 0 Å². The second-order valence-corrected chi connectivity index (χ2v) is 6.82. The monoisotopic (exact) mass is 404 g/mol. The average Bonchev–Trinajstić information content (AvgIpc) is 3.14. The molecule has 156 valence electrons. The Balaban J connectivity index is 1.55. The van der Waals surface area contributed by atoms with E-state index in [9.17, 15) is 19.7 Å². The van der Waals surface area contributed by atoms with Gasteiger partial charge in [-0.15, -0.1) is 0 Å². The molecule has 1 aromatic carbocycles. The van der Waals surface area contributed by atoms with E-state index >= 15 is 0 Å². The minimum atomic E-state index is -0.500. The second-order valence-electron chi connectivity index (χ2n) is 6.82. The molecule has 1 fully saturated rings. The van der Waals surface area contributed by atoms with Crippen LogP contribution in [0.2, 0.25) is 0 Å². The Hall–Kier alpha value is -3.05. The number of nitro groups is 1. The number of ether oxygens (including phenoxy) is 1. The number of hydrogen-bond acceptors (Lipinski definition) is 7. The summed E-state index contributed by atoms with van der Waals surface area (Å²) in [4.78, 5) is 39.0. The van der Waals surface area contributed by atoms with E-state index in [0.717, 1.165) is 6.42 Å². The van der Waals surface area contributed by atoms with Crippen molar-refractivity contribution in [3.8, 4) is 0 Å². The first-order chi connectivity index (χ1) is 14.0. The summed E-state index contributed by atoms with van der Waals surface area (Å²) in [5, 5.41) is 21.1. The van der Waals surface area contributed by atoms with Crippen molar-refractivity contribution < 1.29 is 19.2 Å². The van der Waals surface area contributed by atoms with E-state index in [1.807, 2.05) is 4.90 Å². The zero-order valence-corrected chi connectivity index (χ0v) is 16.2. The zero-order chi connectivity index (χ0) is 20.8. The van der Waals surface area contributed by atoms with Crippen molar-refractivity contribution in [1.29, 1.82) is 0 Å². The number of fused-ring (bicyclic) bond motifs is 1. The van der Waals surface area contributed by atoms with Gasteiger partial charge in [0.1, 0.15) is 0 Å². The van der Waals surface area contributed by atoms with Crippen molar-refractivity contribution in [3.63, 3.8) is 0 Å². The number of methoxy groups -OCH3 is 1. The molecule has 2 amide bonds. The fourth-order valence-electron chi connectivity index (χ4n) is 3.24. The molecule has 1 saturated heterocycles. The number of aromatic nitrogens is 2. The molecule has 2 aromatic rings. The Bertz CT molecular complexity index is 890. The summed E-state index contributed by atoms with van der Waals surface area (Å²) in [6.07, 6.45) is 0.764. The number of nitro benzene ring substituents is 1. The van der Waals surface area contributed by atoms with Crippen molar-refractivity contribution in [2.24, 2.45) is 0 Å². The van der Waals surface area contributed by atoms with Crippen LogP contribution in [0.15, 0.2) is 18.2 Å². The highest BCUT2D eigenvalue weighted by molar-refractivity contribution is 6.05. The van der Waals surface area contributed by atoms with E-state index in [-0.39, 0.29) is 29.7 Å². The highest BCUT2D eigenvalue weighted by Crippen LogP contribution is 2.23.